The van der Waals surface area contributed by atoms with Gasteiger partial charge in [-0.25, -0.2) is 0 Å². The predicted molar refractivity (Wildman–Crippen MR) is 304 cm³/mol. The van der Waals surface area contributed by atoms with Crippen molar-refractivity contribution in [3.63, 3.8) is 0 Å². The zero-order chi connectivity index (χ0) is 48.0. The molecule has 1 aromatic heterocycles. The third-order valence-corrected chi connectivity index (χ3v) is 15.3. The highest BCUT2D eigenvalue weighted by Gasteiger charge is 2.51. The average molecular weight is 932 g/mol. The average Bonchev–Trinajstić information content (AvgIpc) is 3.98. The minimum absolute atomic E-state index is 0.576. The van der Waals surface area contributed by atoms with Crippen LogP contribution in [0.4, 0.5) is 51.2 Å². The number of hydrogen-bond donors (Lipinski definition) is 0. The lowest BCUT2D eigenvalue weighted by atomic mass is 9.64. The maximum Gasteiger partial charge on any atom is 0.160 e. The molecule has 0 unspecified atom stereocenters. The van der Waals surface area contributed by atoms with Gasteiger partial charge >= 0.3 is 0 Å². The van der Waals surface area contributed by atoms with Gasteiger partial charge in [0, 0.05) is 50.0 Å². The van der Waals surface area contributed by atoms with Crippen LogP contribution in [-0.4, -0.2) is 0 Å². The fraction of sp³-hybridized carbons (Fsp3) is 0.0145. The molecular weight excluding hydrogens is 887 g/mol. The molecule has 4 heteroatoms. The Balaban J connectivity index is 1.02. The molecule has 13 aromatic rings. The first-order chi connectivity index (χ1) is 36.3. The fourth-order valence-electron chi connectivity index (χ4n) is 12.4. The Labute approximate surface area is 423 Å². The number of nitrogens with zero attached hydrogens (tertiary/aromatic N) is 3. The van der Waals surface area contributed by atoms with E-state index in [4.69, 9.17) is 4.42 Å². The van der Waals surface area contributed by atoms with Gasteiger partial charge in [-0.15, -0.1) is 0 Å². The lowest BCUT2D eigenvalue weighted by Gasteiger charge is -2.45. The van der Waals surface area contributed by atoms with Gasteiger partial charge in [-0.2, -0.15) is 0 Å². The number of benzene rings is 12. The minimum Gasteiger partial charge on any atom is -0.452 e. The first kappa shape index (κ1) is 41.2. The highest BCUT2D eigenvalue weighted by atomic mass is 16.3. The highest BCUT2D eigenvalue weighted by Crippen LogP contribution is 2.64. The second kappa shape index (κ2) is 16.2. The summed E-state index contributed by atoms with van der Waals surface area (Å²) in [5.41, 5.74) is 18.3. The maximum absolute atomic E-state index is 7.65. The van der Waals surface area contributed by atoms with E-state index < -0.39 is 5.41 Å². The van der Waals surface area contributed by atoms with Gasteiger partial charge in [-0.1, -0.05) is 188 Å². The molecule has 1 aliphatic heterocycles. The molecule has 0 N–H and O–H groups in total. The molecule has 1 aliphatic carbocycles. The molecule has 0 amide bonds. The van der Waals surface area contributed by atoms with Crippen molar-refractivity contribution in [2.75, 3.05) is 14.7 Å². The molecule has 2 heterocycles. The van der Waals surface area contributed by atoms with Crippen molar-refractivity contribution >= 4 is 94.7 Å². The summed E-state index contributed by atoms with van der Waals surface area (Å²) in [5, 5.41) is 6.60. The Morgan fingerprint density at radius 3 is 1.25 bits per heavy atom. The molecule has 2 aliphatic rings. The lowest BCUT2D eigenvalue weighted by molar-refractivity contribution is 0.670. The molecule has 4 nitrogen and oxygen atoms in total. The summed E-state index contributed by atoms with van der Waals surface area (Å²) in [6.07, 6.45) is 0. The largest absolute Gasteiger partial charge is 0.452 e. The highest BCUT2D eigenvalue weighted by molar-refractivity contribution is 6.25. The fourth-order valence-corrected chi connectivity index (χ4v) is 12.4. The molecule has 0 radical (unpaired) electrons. The van der Waals surface area contributed by atoms with Crippen molar-refractivity contribution in [2.24, 2.45) is 0 Å². The normalized spacial score (nSPS) is 13.0. The zero-order valence-corrected chi connectivity index (χ0v) is 39.7. The molecule has 0 saturated heterocycles. The molecule has 0 fully saturated rings. The van der Waals surface area contributed by atoms with Crippen LogP contribution < -0.4 is 14.7 Å². The van der Waals surface area contributed by atoms with Crippen molar-refractivity contribution < 1.29 is 4.42 Å². The van der Waals surface area contributed by atoms with Crippen LogP contribution in [0.3, 0.4) is 0 Å². The lowest BCUT2D eigenvalue weighted by Crippen LogP contribution is -2.36. The van der Waals surface area contributed by atoms with Crippen molar-refractivity contribution in [1.82, 2.24) is 0 Å². The molecule has 12 aromatic carbocycles. The van der Waals surface area contributed by atoms with Crippen molar-refractivity contribution in [3.05, 3.63) is 295 Å². The minimum atomic E-state index is -0.576. The summed E-state index contributed by atoms with van der Waals surface area (Å²) in [7, 11) is 0. The smallest absolute Gasteiger partial charge is 0.160 e. The maximum atomic E-state index is 7.65. The molecule has 0 saturated carbocycles. The quantitative estimate of drug-likeness (QED) is 0.159. The van der Waals surface area contributed by atoms with Crippen LogP contribution >= 0.6 is 0 Å². The van der Waals surface area contributed by atoms with E-state index in [0.717, 1.165) is 83.3 Å². The van der Waals surface area contributed by atoms with Crippen LogP contribution in [0.2, 0.25) is 0 Å². The molecule has 1 spiro atoms. The predicted octanol–water partition coefficient (Wildman–Crippen LogP) is 19.0. The van der Waals surface area contributed by atoms with Gasteiger partial charge in [0.2, 0.25) is 0 Å². The standard InChI is InChI=1S/C69H45N3O/c1-5-25-48(26-6-1)70(49-27-7-2-8-28-49)65-53-33-15-13-23-46(53)43-57-58-44-47-24-14-16-34-54(47)66(68(58)73-67(57)65)71(50-29-9-3-10-30-50)52-41-42-60-56(45-52)55-35-17-18-36-59(55)69(60)61-37-19-21-39-63(61)72(51-31-11-4-12-32-51)64-40-22-20-38-62(64)69/h1-45H. The van der Waals surface area contributed by atoms with E-state index in [1.165, 1.54) is 44.8 Å². The summed E-state index contributed by atoms with van der Waals surface area (Å²) in [4.78, 5) is 7.23. The van der Waals surface area contributed by atoms with E-state index >= 15 is 0 Å². The number of furan rings is 1. The summed E-state index contributed by atoms with van der Waals surface area (Å²) >= 11 is 0. The van der Waals surface area contributed by atoms with Gasteiger partial charge in [-0.05, 0) is 129 Å². The van der Waals surface area contributed by atoms with Gasteiger partial charge in [0.1, 0.15) is 0 Å². The van der Waals surface area contributed by atoms with Crippen LogP contribution in [-0.2, 0) is 5.41 Å². The second-order valence-corrected chi connectivity index (χ2v) is 19.2. The molecule has 15 rings (SSSR count). The van der Waals surface area contributed by atoms with E-state index in [9.17, 15) is 0 Å². The summed E-state index contributed by atoms with van der Waals surface area (Å²) in [5.74, 6) is 0. The van der Waals surface area contributed by atoms with E-state index in [1.54, 1.807) is 0 Å². The summed E-state index contributed by atoms with van der Waals surface area (Å²) in [6.45, 7) is 0. The van der Waals surface area contributed by atoms with Crippen molar-refractivity contribution in [1.29, 1.82) is 0 Å². The van der Waals surface area contributed by atoms with Gasteiger partial charge in [-0.3, -0.25) is 0 Å². The van der Waals surface area contributed by atoms with Crippen molar-refractivity contribution in [3.8, 4) is 11.1 Å². The van der Waals surface area contributed by atoms with E-state index in [1.807, 2.05) is 0 Å². The molecule has 342 valence electrons. The number of hydrogen-bond acceptors (Lipinski definition) is 4. The first-order valence-electron chi connectivity index (χ1n) is 25.1. The van der Waals surface area contributed by atoms with E-state index in [-0.39, 0.29) is 0 Å². The number of para-hydroxylation sites is 6. The number of fused-ring (bicyclic) bond motifs is 14. The molecule has 0 bridgehead atoms. The Kier molecular flexibility index (Phi) is 9.14. The second-order valence-electron chi connectivity index (χ2n) is 19.2. The topological polar surface area (TPSA) is 22.9 Å². The first-order valence-corrected chi connectivity index (χ1v) is 25.1. The Bertz CT molecular complexity index is 4190. The molecule has 73 heavy (non-hydrogen) atoms. The third kappa shape index (κ3) is 6.01. The summed E-state index contributed by atoms with van der Waals surface area (Å²) < 4.78 is 7.65. The van der Waals surface area contributed by atoms with Gasteiger partial charge in [0.15, 0.2) is 11.2 Å². The third-order valence-electron chi connectivity index (χ3n) is 15.3. The van der Waals surface area contributed by atoms with Crippen LogP contribution in [0, 0.1) is 0 Å². The van der Waals surface area contributed by atoms with Crippen LogP contribution in [0.25, 0.3) is 54.6 Å². The van der Waals surface area contributed by atoms with E-state index in [0.29, 0.717) is 0 Å². The van der Waals surface area contributed by atoms with Crippen LogP contribution in [0.5, 0.6) is 0 Å². The Morgan fingerprint density at radius 1 is 0.301 bits per heavy atom. The van der Waals surface area contributed by atoms with Crippen LogP contribution in [0.1, 0.15) is 22.3 Å². The monoisotopic (exact) mass is 931 g/mol. The zero-order valence-electron chi connectivity index (χ0n) is 39.7. The molecular formula is C69H45N3O. The van der Waals surface area contributed by atoms with Gasteiger partial charge in [0.25, 0.3) is 0 Å². The van der Waals surface area contributed by atoms with Gasteiger partial charge in [0.05, 0.1) is 28.2 Å². The van der Waals surface area contributed by atoms with Crippen LogP contribution in [0.15, 0.2) is 277 Å². The van der Waals surface area contributed by atoms with Crippen molar-refractivity contribution in [2.45, 2.75) is 5.41 Å². The summed E-state index contributed by atoms with van der Waals surface area (Å²) in [6, 6.07) is 99.3. The number of anilines is 9. The molecule has 0 atom stereocenters. The Morgan fingerprint density at radius 2 is 0.712 bits per heavy atom. The van der Waals surface area contributed by atoms with E-state index in [2.05, 4.69) is 288 Å². The SMILES string of the molecule is c1ccc(N2c3ccccc3C3(c4ccccc4-c4cc(N(c5ccccc5)c5c6ccccc6cc6c5oc5c(N(c7ccccc7)c7ccccc7)c7ccccc7cc56)ccc43)c3ccccc32)cc1. The Hall–Kier alpha value is -9.64. The van der Waals surface area contributed by atoms with Gasteiger partial charge < -0.3 is 19.1 Å². The number of rotatable bonds is 7.